The van der Waals surface area contributed by atoms with Crippen molar-refractivity contribution in [1.29, 1.82) is 0 Å². The number of carbonyl (C=O) groups excluding carboxylic acids is 1. The molecule has 4 rings (SSSR count). The maximum atomic E-state index is 12.9. The standard InChI is InChI=1S/C22H32N2O3/c1-16-6-10-24(11-7-16)22(25)20-13-18-8-9-23(15-21(18)27-20)14-17-4-3-5-19(12-17)26-2/h3-5,12,16,18,20-21H,6-11,13-15H2,1-2H3/t18-,20+,21+/m0/s1. The van der Waals surface area contributed by atoms with Crippen LogP contribution in [0.1, 0.15) is 38.2 Å². The van der Waals surface area contributed by atoms with E-state index < -0.39 is 0 Å². The highest BCUT2D eigenvalue weighted by molar-refractivity contribution is 5.81. The monoisotopic (exact) mass is 372 g/mol. The third-order valence-corrected chi connectivity index (χ3v) is 6.55. The van der Waals surface area contributed by atoms with Gasteiger partial charge in [-0.2, -0.15) is 0 Å². The quantitative estimate of drug-likeness (QED) is 0.815. The van der Waals surface area contributed by atoms with Gasteiger partial charge in [0.1, 0.15) is 11.9 Å². The fourth-order valence-electron chi connectivity index (χ4n) is 4.76. The molecule has 5 nitrogen and oxygen atoms in total. The van der Waals surface area contributed by atoms with E-state index in [9.17, 15) is 4.79 Å². The van der Waals surface area contributed by atoms with Gasteiger partial charge in [0.25, 0.3) is 5.91 Å². The first-order valence-corrected chi connectivity index (χ1v) is 10.4. The predicted molar refractivity (Wildman–Crippen MR) is 105 cm³/mol. The summed E-state index contributed by atoms with van der Waals surface area (Å²) in [4.78, 5) is 17.4. The third-order valence-electron chi connectivity index (χ3n) is 6.55. The molecule has 0 radical (unpaired) electrons. The van der Waals surface area contributed by atoms with Gasteiger partial charge in [-0.15, -0.1) is 0 Å². The summed E-state index contributed by atoms with van der Waals surface area (Å²) in [5, 5.41) is 0. The first kappa shape index (κ1) is 18.8. The Morgan fingerprint density at radius 1 is 1.22 bits per heavy atom. The SMILES string of the molecule is COc1cccc(CN2CC[C@H]3C[C@H](C(=O)N4CCC(C)CC4)O[C@@H]3C2)c1. The Labute approximate surface area is 162 Å². The zero-order chi connectivity index (χ0) is 18.8. The van der Waals surface area contributed by atoms with Gasteiger partial charge in [0.15, 0.2) is 0 Å². The highest BCUT2D eigenvalue weighted by atomic mass is 16.5. The van der Waals surface area contributed by atoms with Gasteiger partial charge >= 0.3 is 0 Å². The lowest BCUT2D eigenvalue weighted by molar-refractivity contribution is -0.145. The first-order valence-electron chi connectivity index (χ1n) is 10.4. The summed E-state index contributed by atoms with van der Waals surface area (Å²) in [5.41, 5.74) is 1.26. The number of ether oxygens (including phenoxy) is 2. The zero-order valence-electron chi connectivity index (χ0n) is 16.6. The second-order valence-electron chi connectivity index (χ2n) is 8.54. The van der Waals surface area contributed by atoms with Gasteiger partial charge in [0.2, 0.25) is 0 Å². The van der Waals surface area contributed by atoms with Crippen LogP contribution < -0.4 is 4.74 Å². The molecule has 148 valence electrons. The molecule has 3 aliphatic rings. The molecule has 3 fully saturated rings. The smallest absolute Gasteiger partial charge is 0.251 e. The van der Waals surface area contributed by atoms with Crippen LogP contribution in [0.25, 0.3) is 0 Å². The molecule has 0 saturated carbocycles. The van der Waals surface area contributed by atoms with Crippen molar-refractivity contribution in [3.8, 4) is 5.75 Å². The maximum Gasteiger partial charge on any atom is 0.251 e. The van der Waals surface area contributed by atoms with E-state index in [2.05, 4.69) is 24.0 Å². The van der Waals surface area contributed by atoms with E-state index in [1.807, 2.05) is 17.0 Å². The Morgan fingerprint density at radius 3 is 2.81 bits per heavy atom. The maximum absolute atomic E-state index is 12.9. The van der Waals surface area contributed by atoms with E-state index in [0.29, 0.717) is 5.92 Å². The summed E-state index contributed by atoms with van der Waals surface area (Å²) in [6.45, 7) is 6.98. The molecule has 5 heteroatoms. The summed E-state index contributed by atoms with van der Waals surface area (Å²) in [6.07, 6.45) is 4.25. The molecule has 0 aromatic heterocycles. The Kier molecular flexibility index (Phi) is 5.69. The lowest BCUT2D eigenvalue weighted by atomic mass is 9.91. The number of hydrogen-bond donors (Lipinski definition) is 0. The van der Waals surface area contributed by atoms with Crippen LogP contribution in [0.3, 0.4) is 0 Å². The van der Waals surface area contributed by atoms with Gasteiger partial charge in [0, 0.05) is 26.2 Å². The molecule has 0 unspecified atom stereocenters. The van der Waals surface area contributed by atoms with Gasteiger partial charge in [-0.3, -0.25) is 9.69 Å². The van der Waals surface area contributed by atoms with Crippen molar-refractivity contribution in [2.24, 2.45) is 11.8 Å². The third kappa shape index (κ3) is 4.30. The largest absolute Gasteiger partial charge is 0.497 e. The number of benzene rings is 1. The average molecular weight is 373 g/mol. The highest BCUT2D eigenvalue weighted by Crippen LogP contribution is 2.35. The fraction of sp³-hybridized carbons (Fsp3) is 0.682. The van der Waals surface area contributed by atoms with E-state index in [1.165, 1.54) is 5.56 Å². The number of fused-ring (bicyclic) bond motifs is 1. The lowest BCUT2D eigenvalue weighted by Gasteiger charge is -2.34. The van der Waals surface area contributed by atoms with E-state index in [-0.39, 0.29) is 18.1 Å². The summed E-state index contributed by atoms with van der Waals surface area (Å²) >= 11 is 0. The van der Waals surface area contributed by atoms with Crippen molar-refractivity contribution < 1.29 is 14.3 Å². The Balaban J connectivity index is 1.32. The van der Waals surface area contributed by atoms with Crippen LogP contribution in [-0.2, 0) is 16.1 Å². The van der Waals surface area contributed by atoms with E-state index in [0.717, 1.165) is 70.1 Å². The Bertz CT molecular complexity index is 657. The molecule has 1 amide bonds. The van der Waals surface area contributed by atoms with Crippen molar-refractivity contribution in [3.63, 3.8) is 0 Å². The summed E-state index contributed by atoms with van der Waals surface area (Å²) in [7, 11) is 1.71. The number of hydrogen-bond acceptors (Lipinski definition) is 4. The normalized spacial score (nSPS) is 29.6. The van der Waals surface area contributed by atoms with Crippen molar-refractivity contribution >= 4 is 5.91 Å². The minimum Gasteiger partial charge on any atom is -0.497 e. The van der Waals surface area contributed by atoms with Crippen LogP contribution in [0, 0.1) is 11.8 Å². The van der Waals surface area contributed by atoms with Crippen molar-refractivity contribution in [2.45, 2.75) is 51.4 Å². The van der Waals surface area contributed by atoms with Crippen LogP contribution in [-0.4, -0.2) is 61.2 Å². The van der Waals surface area contributed by atoms with E-state index >= 15 is 0 Å². The van der Waals surface area contributed by atoms with Crippen molar-refractivity contribution in [3.05, 3.63) is 29.8 Å². The van der Waals surface area contributed by atoms with Crippen molar-refractivity contribution in [2.75, 3.05) is 33.3 Å². The number of piperidine rings is 2. The first-order chi connectivity index (χ1) is 13.1. The number of rotatable bonds is 4. The van der Waals surface area contributed by atoms with Crippen LogP contribution in [0.4, 0.5) is 0 Å². The van der Waals surface area contributed by atoms with Crippen LogP contribution in [0.15, 0.2) is 24.3 Å². The molecule has 0 bridgehead atoms. The van der Waals surface area contributed by atoms with Gasteiger partial charge in [-0.1, -0.05) is 19.1 Å². The molecule has 3 atom stereocenters. The number of nitrogens with zero attached hydrogens (tertiary/aromatic N) is 2. The number of carbonyl (C=O) groups is 1. The molecule has 3 heterocycles. The molecule has 27 heavy (non-hydrogen) atoms. The molecule has 0 N–H and O–H groups in total. The van der Waals surface area contributed by atoms with Crippen LogP contribution in [0.2, 0.25) is 0 Å². The molecular weight excluding hydrogens is 340 g/mol. The molecule has 1 aromatic carbocycles. The molecule has 3 aliphatic heterocycles. The fourth-order valence-corrected chi connectivity index (χ4v) is 4.76. The summed E-state index contributed by atoms with van der Waals surface area (Å²) < 4.78 is 11.6. The van der Waals surface area contributed by atoms with Gasteiger partial charge in [0.05, 0.1) is 13.2 Å². The number of amides is 1. The zero-order valence-corrected chi connectivity index (χ0v) is 16.6. The van der Waals surface area contributed by atoms with Crippen molar-refractivity contribution in [1.82, 2.24) is 9.80 Å². The molecule has 1 aromatic rings. The number of methoxy groups -OCH3 is 1. The minimum atomic E-state index is -0.217. The molecular formula is C22H32N2O3. The number of likely N-dealkylation sites (tertiary alicyclic amines) is 2. The van der Waals surface area contributed by atoms with Crippen LogP contribution in [0.5, 0.6) is 5.75 Å². The Hall–Kier alpha value is -1.59. The average Bonchev–Trinajstić information content (AvgIpc) is 3.11. The second kappa shape index (κ2) is 8.19. The Morgan fingerprint density at radius 2 is 2.04 bits per heavy atom. The minimum absolute atomic E-state index is 0.196. The molecule has 3 saturated heterocycles. The predicted octanol–water partition coefficient (Wildman–Crippen LogP) is 2.93. The lowest BCUT2D eigenvalue weighted by Crippen LogP contribution is -2.44. The van der Waals surface area contributed by atoms with Crippen LogP contribution >= 0.6 is 0 Å². The van der Waals surface area contributed by atoms with Gasteiger partial charge < -0.3 is 14.4 Å². The molecule has 0 spiro atoms. The van der Waals surface area contributed by atoms with Gasteiger partial charge in [-0.25, -0.2) is 0 Å². The topological polar surface area (TPSA) is 42.0 Å². The van der Waals surface area contributed by atoms with E-state index in [4.69, 9.17) is 9.47 Å². The molecule has 0 aliphatic carbocycles. The van der Waals surface area contributed by atoms with E-state index in [1.54, 1.807) is 7.11 Å². The summed E-state index contributed by atoms with van der Waals surface area (Å²) in [5.74, 6) is 2.41. The summed E-state index contributed by atoms with van der Waals surface area (Å²) in [6, 6.07) is 8.27. The highest BCUT2D eigenvalue weighted by Gasteiger charge is 2.43. The second-order valence-corrected chi connectivity index (χ2v) is 8.54. The van der Waals surface area contributed by atoms with Gasteiger partial charge in [-0.05, 0) is 61.8 Å².